The molecule has 4 nitrogen and oxygen atoms in total. The molecule has 0 fully saturated rings. The second-order valence-corrected chi connectivity index (χ2v) is 6.89. The van der Waals surface area contributed by atoms with Gasteiger partial charge in [0.1, 0.15) is 6.61 Å². The highest BCUT2D eigenvalue weighted by molar-refractivity contribution is 7.90. The number of carbonyl (C=O) groups excluding carboxylic acids is 1. The number of hydrogen-bond donors (Lipinski definition) is 0. The van der Waals surface area contributed by atoms with Crippen LogP contribution in [0.5, 0.6) is 0 Å². The van der Waals surface area contributed by atoms with Gasteiger partial charge in [0, 0.05) is 11.3 Å². The van der Waals surface area contributed by atoms with E-state index in [0.717, 1.165) is 11.8 Å². The van der Waals surface area contributed by atoms with E-state index in [2.05, 4.69) is 0 Å². The molecule has 0 bridgehead atoms. The molecule has 0 atom stereocenters. The lowest BCUT2D eigenvalue weighted by atomic mass is 10.2. The molecule has 0 heterocycles. The van der Waals surface area contributed by atoms with E-state index in [1.165, 1.54) is 12.1 Å². The second kappa shape index (κ2) is 6.28. The SMILES string of the molecule is CS(=O)(=O)c1ccccc1C(=O)OCc1cccc(Cl)c1. The first kappa shape index (κ1) is 15.5. The summed E-state index contributed by atoms with van der Waals surface area (Å²) in [6.45, 7) is 0.0253. The predicted octanol–water partition coefficient (Wildman–Crippen LogP) is 3.10. The number of esters is 1. The van der Waals surface area contributed by atoms with Crippen LogP contribution in [-0.4, -0.2) is 20.6 Å². The summed E-state index contributed by atoms with van der Waals surface area (Å²) < 4.78 is 28.4. The van der Waals surface area contributed by atoms with Gasteiger partial charge in [0.2, 0.25) is 0 Å². The highest BCUT2D eigenvalue weighted by atomic mass is 35.5. The van der Waals surface area contributed by atoms with E-state index in [-0.39, 0.29) is 17.1 Å². The first-order valence-corrected chi connectivity index (χ1v) is 8.35. The van der Waals surface area contributed by atoms with E-state index in [1.54, 1.807) is 36.4 Å². The third-order valence-corrected chi connectivity index (χ3v) is 4.16. The van der Waals surface area contributed by atoms with Crippen LogP contribution in [0.15, 0.2) is 53.4 Å². The van der Waals surface area contributed by atoms with Crippen LogP contribution in [-0.2, 0) is 21.2 Å². The van der Waals surface area contributed by atoms with Gasteiger partial charge in [-0.25, -0.2) is 13.2 Å². The number of halogens is 1. The minimum Gasteiger partial charge on any atom is -0.457 e. The Morgan fingerprint density at radius 1 is 1.14 bits per heavy atom. The molecule has 0 saturated heterocycles. The number of carbonyl (C=O) groups is 1. The third-order valence-electron chi connectivity index (χ3n) is 2.77. The van der Waals surface area contributed by atoms with Gasteiger partial charge in [-0.3, -0.25) is 0 Å². The maximum atomic E-state index is 12.1. The highest BCUT2D eigenvalue weighted by Crippen LogP contribution is 2.17. The number of ether oxygens (including phenoxy) is 1. The molecule has 21 heavy (non-hydrogen) atoms. The molecule has 2 aromatic carbocycles. The first-order valence-electron chi connectivity index (χ1n) is 6.08. The Labute approximate surface area is 128 Å². The number of hydrogen-bond acceptors (Lipinski definition) is 4. The molecule has 0 unspecified atom stereocenters. The van der Waals surface area contributed by atoms with Gasteiger partial charge in [-0.2, -0.15) is 0 Å². The Balaban J connectivity index is 2.18. The molecule has 0 N–H and O–H groups in total. The third kappa shape index (κ3) is 4.06. The van der Waals surface area contributed by atoms with Crippen molar-refractivity contribution >= 4 is 27.4 Å². The van der Waals surface area contributed by atoms with Crippen LogP contribution >= 0.6 is 11.6 Å². The van der Waals surface area contributed by atoms with Crippen molar-refractivity contribution in [3.8, 4) is 0 Å². The Bertz CT molecular complexity index is 769. The number of rotatable bonds is 4. The summed E-state index contributed by atoms with van der Waals surface area (Å²) in [5, 5.41) is 0.542. The van der Waals surface area contributed by atoms with Gasteiger partial charge >= 0.3 is 5.97 Å². The molecular weight excluding hydrogens is 312 g/mol. The van der Waals surface area contributed by atoms with E-state index >= 15 is 0 Å². The Morgan fingerprint density at radius 3 is 2.52 bits per heavy atom. The smallest absolute Gasteiger partial charge is 0.339 e. The molecule has 2 aromatic rings. The molecule has 0 amide bonds. The number of benzene rings is 2. The predicted molar refractivity (Wildman–Crippen MR) is 80.1 cm³/mol. The van der Waals surface area contributed by atoms with Gasteiger partial charge in [-0.15, -0.1) is 0 Å². The van der Waals surface area contributed by atoms with Crippen LogP contribution in [0.4, 0.5) is 0 Å². The fourth-order valence-corrected chi connectivity index (χ4v) is 2.90. The Kier molecular flexibility index (Phi) is 4.65. The van der Waals surface area contributed by atoms with Gasteiger partial charge in [-0.05, 0) is 29.8 Å². The monoisotopic (exact) mass is 324 g/mol. The summed E-state index contributed by atoms with van der Waals surface area (Å²) >= 11 is 5.84. The number of sulfone groups is 1. The van der Waals surface area contributed by atoms with Crippen molar-refractivity contribution in [1.29, 1.82) is 0 Å². The van der Waals surface area contributed by atoms with Crippen LogP contribution < -0.4 is 0 Å². The lowest BCUT2D eigenvalue weighted by Gasteiger charge is -2.08. The van der Waals surface area contributed by atoms with Crippen molar-refractivity contribution in [2.24, 2.45) is 0 Å². The van der Waals surface area contributed by atoms with Crippen molar-refractivity contribution in [3.05, 3.63) is 64.7 Å². The lowest BCUT2D eigenvalue weighted by Crippen LogP contribution is -2.11. The molecule has 110 valence electrons. The van der Waals surface area contributed by atoms with E-state index in [9.17, 15) is 13.2 Å². The average Bonchev–Trinajstić information content (AvgIpc) is 2.44. The van der Waals surface area contributed by atoms with Crippen LogP contribution in [0.3, 0.4) is 0 Å². The fraction of sp³-hybridized carbons (Fsp3) is 0.133. The maximum absolute atomic E-state index is 12.1. The lowest BCUT2D eigenvalue weighted by molar-refractivity contribution is 0.0468. The van der Waals surface area contributed by atoms with Crippen molar-refractivity contribution in [1.82, 2.24) is 0 Å². The summed E-state index contributed by atoms with van der Waals surface area (Å²) in [5.41, 5.74) is 0.759. The van der Waals surface area contributed by atoms with E-state index in [4.69, 9.17) is 16.3 Å². The van der Waals surface area contributed by atoms with E-state index in [1.807, 2.05) is 0 Å². The highest BCUT2D eigenvalue weighted by Gasteiger charge is 2.19. The van der Waals surface area contributed by atoms with Crippen LogP contribution in [0, 0.1) is 0 Å². The van der Waals surface area contributed by atoms with E-state index < -0.39 is 15.8 Å². The van der Waals surface area contributed by atoms with Crippen molar-refractivity contribution in [2.75, 3.05) is 6.26 Å². The van der Waals surface area contributed by atoms with Crippen molar-refractivity contribution < 1.29 is 17.9 Å². The minimum absolute atomic E-state index is 0.0253. The molecule has 0 saturated carbocycles. The molecule has 0 aliphatic carbocycles. The van der Waals surface area contributed by atoms with Gasteiger partial charge in [-0.1, -0.05) is 35.9 Å². The van der Waals surface area contributed by atoms with Crippen LogP contribution in [0.2, 0.25) is 5.02 Å². The zero-order valence-corrected chi connectivity index (χ0v) is 12.8. The fourth-order valence-electron chi connectivity index (χ4n) is 1.81. The molecule has 6 heteroatoms. The standard InChI is InChI=1S/C15H13ClO4S/c1-21(18,19)14-8-3-2-7-13(14)15(17)20-10-11-5-4-6-12(16)9-11/h2-9H,10H2,1H3. The summed E-state index contributed by atoms with van der Waals surface area (Å²) in [7, 11) is -3.49. The van der Waals surface area contributed by atoms with Crippen molar-refractivity contribution in [3.63, 3.8) is 0 Å². The topological polar surface area (TPSA) is 60.4 Å². The van der Waals surface area contributed by atoms with Crippen molar-refractivity contribution in [2.45, 2.75) is 11.5 Å². The Hall–Kier alpha value is -1.85. The largest absolute Gasteiger partial charge is 0.457 e. The summed E-state index contributed by atoms with van der Waals surface area (Å²) in [5.74, 6) is -0.684. The molecule has 0 aromatic heterocycles. The summed E-state index contributed by atoms with van der Waals surface area (Å²) in [6, 6.07) is 12.9. The average molecular weight is 325 g/mol. The second-order valence-electron chi connectivity index (χ2n) is 4.47. The maximum Gasteiger partial charge on any atom is 0.339 e. The summed E-state index contributed by atoms with van der Waals surface area (Å²) in [4.78, 5) is 12.0. The van der Waals surface area contributed by atoms with Gasteiger partial charge in [0.05, 0.1) is 10.5 Å². The van der Waals surface area contributed by atoms with E-state index in [0.29, 0.717) is 5.02 Å². The zero-order chi connectivity index (χ0) is 15.5. The molecule has 0 radical (unpaired) electrons. The quantitative estimate of drug-likeness (QED) is 0.811. The van der Waals surface area contributed by atoms with Gasteiger partial charge in [0.15, 0.2) is 9.84 Å². The minimum atomic E-state index is -3.49. The molecule has 0 spiro atoms. The zero-order valence-electron chi connectivity index (χ0n) is 11.2. The normalized spacial score (nSPS) is 11.1. The summed E-state index contributed by atoms with van der Waals surface area (Å²) in [6.07, 6.45) is 1.05. The molecule has 2 rings (SSSR count). The van der Waals surface area contributed by atoms with Gasteiger partial charge < -0.3 is 4.74 Å². The molecular formula is C15H13ClO4S. The van der Waals surface area contributed by atoms with Crippen LogP contribution in [0.1, 0.15) is 15.9 Å². The molecule has 0 aliphatic heterocycles. The first-order chi connectivity index (χ1) is 9.88. The van der Waals surface area contributed by atoms with Crippen LogP contribution in [0.25, 0.3) is 0 Å². The molecule has 0 aliphatic rings. The van der Waals surface area contributed by atoms with Gasteiger partial charge in [0.25, 0.3) is 0 Å². The Morgan fingerprint density at radius 2 is 1.86 bits per heavy atom.